The van der Waals surface area contributed by atoms with Gasteiger partial charge in [-0.25, -0.2) is 0 Å². The number of esters is 1. The highest BCUT2D eigenvalue weighted by molar-refractivity contribution is 5.77. The standard InChI is InChI=1S/C20H30O2/c1-3-4-5-6-9-22-19(21)20(2)12-15-11-16(20)18-14-8-7-13(10-14)17(15)18/h7-8,13-18H,3-6,9-12H2,1-2H3. The van der Waals surface area contributed by atoms with Crippen molar-refractivity contribution in [2.24, 2.45) is 40.9 Å². The van der Waals surface area contributed by atoms with Crippen LogP contribution >= 0.6 is 0 Å². The van der Waals surface area contributed by atoms with Crippen LogP contribution < -0.4 is 0 Å². The minimum atomic E-state index is -0.186. The quantitative estimate of drug-likeness (QED) is 0.310. The van der Waals surface area contributed by atoms with E-state index in [9.17, 15) is 4.79 Å². The van der Waals surface area contributed by atoms with Gasteiger partial charge >= 0.3 is 5.97 Å². The molecule has 4 aliphatic rings. The zero-order valence-corrected chi connectivity index (χ0v) is 14.1. The second kappa shape index (κ2) is 5.39. The van der Waals surface area contributed by atoms with Gasteiger partial charge < -0.3 is 4.74 Å². The summed E-state index contributed by atoms with van der Waals surface area (Å²) in [6, 6.07) is 0. The highest BCUT2D eigenvalue weighted by Crippen LogP contribution is 2.70. The van der Waals surface area contributed by atoms with E-state index in [-0.39, 0.29) is 11.4 Å². The molecule has 0 aromatic carbocycles. The first-order valence-corrected chi connectivity index (χ1v) is 9.50. The van der Waals surface area contributed by atoms with Crippen LogP contribution in [0.15, 0.2) is 12.2 Å². The van der Waals surface area contributed by atoms with Crippen molar-refractivity contribution in [3.8, 4) is 0 Å². The van der Waals surface area contributed by atoms with Crippen LogP contribution in [0.25, 0.3) is 0 Å². The van der Waals surface area contributed by atoms with Crippen LogP contribution in [-0.2, 0) is 9.53 Å². The van der Waals surface area contributed by atoms with Crippen molar-refractivity contribution >= 4 is 5.97 Å². The van der Waals surface area contributed by atoms with Crippen molar-refractivity contribution in [2.45, 2.75) is 58.8 Å². The summed E-state index contributed by atoms with van der Waals surface area (Å²) in [5.41, 5.74) is -0.186. The molecule has 4 rings (SSSR count). The van der Waals surface area contributed by atoms with E-state index in [0.717, 1.165) is 42.4 Å². The van der Waals surface area contributed by atoms with E-state index in [2.05, 4.69) is 26.0 Å². The molecule has 0 aliphatic heterocycles. The molecule has 0 heterocycles. The maximum atomic E-state index is 12.7. The van der Waals surface area contributed by atoms with Crippen LogP contribution in [0.2, 0.25) is 0 Å². The summed E-state index contributed by atoms with van der Waals surface area (Å²) in [5, 5.41) is 0. The molecular weight excluding hydrogens is 272 g/mol. The molecule has 0 saturated heterocycles. The van der Waals surface area contributed by atoms with E-state index >= 15 is 0 Å². The second-order valence-corrected chi connectivity index (χ2v) is 8.52. The summed E-state index contributed by atoms with van der Waals surface area (Å²) >= 11 is 0. The molecule has 2 nitrogen and oxygen atoms in total. The predicted octanol–water partition coefficient (Wildman–Crippen LogP) is 4.59. The van der Waals surface area contributed by atoms with E-state index in [1.54, 1.807) is 0 Å². The Bertz CT molecular complexity index is 482. The fourth-order valence-corrected chi connectivity index (χ4v) is 6.46. The van der Waals surface area contributed by atoms with Gasteiger partial charge in [-0.1, -0.05) is 38.3 Å². The highest BCUT2D eigenvalue weighted by atomic mass is 16.5. The first-order chi connectivity index (χ1) is 10.6. The fourth-order valence-electron chi connectivity index (χ4n) is 6.46. The maximum absolute atomic E-state index is 12.7. The number of fused-ring (bicyclic) bond motifs is 9. The lowest BCUT2D eigenvalue weighted by Gasteiger charge is -2.41. The summed E-state index contributed by atoms with van der Waals surface area (Å²) in [7, 11) is 0. The summed E-state index contributed by atoms with van der Waals surface area (Å²) in [6.45, 7) is 5.05. The Balaban J connectivity index is 1.39. The molecular formula is C20H30O2. The average molecular weight is 302 g/mol. The maximum Gasteiger partial charge on any atom is 0.312 e. The molecule has 2 heteroatoms. The van der Waals surface area contributed by atoms with E-state index < -0.39 is 0 Å². The summed E-state index contributed by atoms with van der Waals surface area (Å²) in [6.07, 6.45) is 13.3. The van der Waals surface area contributed by atoms with E-state index in [1.165, 1.54) is 32.1 Å². The minimum absolute atomic E-state index is 0.113. The predicted molar refractivity (Wildman–Crippen MR) is 87.1 cm³/mol. The van der Waals surface area contributed by atoms with Gasteiger partial charge in [0.15, 0.2) is 0 Å². The smallest absolute Gasteiger partial charge is 0.312 e. The first-order valence-electron chi connectivity index (χ1n) is 9.50. The van der Waals surface area contributed by atoms with Gasteiger partial charge in [-0.2, -0.15) is 0 Å². The van der Waals surface area contributed by atoms with Gasteiger partial charge in [0, 0.05) is 0 Å². The van der Waals surface area contributed by atoms with E-state index in [0.29, 0.717) is 12.5 Å². The third-order valence-electron chi connectivity index (χ3n) is 7.35. The number of unbranched alkanes of at least 4 members (excludes halogenated alkanes) is 3. The molecule has 122 valence electrons. The van der Waals surface area contributed by atoms with Gasteiger partial charge in [-0.15, -0.1) is 0 Å². The minimum Gasteiger partial charge on any atom is -0.465 e. The molecule has 0 amide bonds. The Hall–Kier alpha value is -0.790. The van der Waals surface area contributed by atoms with Crippen molar-refractivity contribution in [3.63, 3.8) is 0 Å². The molecule has 4 aliphatic carbocycles. The normalized spacial score (nSPS) is 47.2. The Labute approximate surface area is 134 Å². The average Bonchev–Trinajstić information content (AvgIpc) is 3.24. The van der Waals surface area contributed by atoms with Gasteiger partial charge in [-0.05, 0) is 68.1 Å². The lowest BCUT2D eigenvalue weighted by molar-refractivity contribution is -0.160. The molecule has 0 N–H and O–H groups in total. The second-order valence-electron chi connectivity index (χ2n) is 8.52. The molecule has 4 bridgehead atoms. The number of rotatable bonds is 6. The van der Waals surface area contributed by atoms with Crippen LogP contribution in [0.4, 0.5) is 0 Å². The summed E-state index contributed by atoms with van der Waals surface area (Å²) in [4.78, 5) is 12.7. The summed E-state index contributed by atoms with van der Waals surface area (Å²) in [5.74, 6) is 4.76. The van der Waals surface area contributed by atoms with Crippen molar-refractivity contribution in [2.75, 3.05) is 6.61 Å². The molecule has 3 saturated carbocycles. The van der Waals surface area contributed by atoms with Crippen molar-refractivity contribution in [3.05, 3.63) is 12.2 Å². The molecule has 0 spiro atoms. The Morgan fingerprint density at radius 1 is 1.14 bits per heavy atom. The third-order valence-corrected chi connectivity index (χ3v) is 7.35. The molecule has 0 aromatic heterocycles. The van der Waals surface area contributed by atoms with Gasteiger partial charge in [0.05, 0.1) is 12.0 Å². The molecule has 0 radical (unpaired) electrons. The van der Waals surface area contributed by atoms with Crippen molar-refractivity contribution in [1.82, 2.24) is 0 Å². The van der Waals surface area contributed by atoms with Crippen molar-refractivity contribution < 1.29 is 9.53 Å². The van der Waals surface area contributed by atoms with Crippen LogP contribution in [0.1, 0.15) is 58.8 Å². The number of ether oxygens (including phenoxy) is 1. The molecule has 3 fully saturated rings. The van der Waals surface area contributed by atoms with Gasteiger partial charge in [0.2, 0.25) is 0 Å². The van der Waals surface area contributed by atoms with E-state index in [1.807, 2.05) is 0 Å². The number of hydrogen-bond acceptors (Lipinski definition) is 2. The summed E-state index contributed by atoms with van der Waals surface area (Å²) < 4.78 is 5.70. The molecule has 7 atom stereocenters. The lowest BCUT2D eigenvalue weighted by atomic mass is 9.63. The van der Waals surface area contributed by atoms with Crippen LogP contribution in [-0.4, -0.2) is 12.6 Å². The fraction of sp³-hybridized carbons (Fsp3) is 0.850. The third kappa shape index (κ3) is 2.02. The van der Waals surface area contributed by atoms with Crippen LogP contribution in [0, 0.1) is 40.9 Å². The number of carbonyl (C=O) groups excluding carboxylic acids is 1. The molecule has 7 unspecified atom stereocenters. The molecule has 0 aromatic rings. The lowest BCUT2D eigenvalue weighted by Crippen LogP contribution is -2.43. The zero-order valence-electron chi connectivity index (χ0n) is 14.1. The largest absolute Gasteiger partial charge is 0.465 e. The number of carbonyl (C=O) groups is 1. The van der Waals surface area contributed by atoms with Gasteiger partial charge in [0.25, 0.3) is 0 Å². The van der Waals surface area contributed by atoms with Crippen molar-refractivity contribution in [1.29, 1.82) is 0 Å². The first kappa shape index (κ1) is 14.8. The Kier molecular flexibility index (Phi) is 3.62. The zero-order chi connectivity index (χ0) is 15.3. The number of hydrogen-bond donors (Lipinski definition) is 0. The van der Waals surface area contributed by atoms with Gasteiger partial charge in [0.1, 0.15) is 0 Å². The number of allylic oxidation sites excluding steroid dienone is 2. The van der Waals surface area contributed by atoms with Crippen LogP contribution in [0.3, 0.4) is 0 Å². The van der Waals surface area contributed by atoms with Crippen LogP contribution in [0.5, 0.6) is 0 Å². The van der Waals surface area contributed by atoms with E-state index in [4.69, 9.17) is 4.74 Å². The SMILES string of the molecule is CCCCCCOC(=O)C1(C)CC2CC1C1C3C=CC(C3)C21. The molecule has 22 heavy (non-hydrogen) atoms. The van der Waals surface area contributed by atoms with Gasteiger partial charge in [-0.3, -0.25) is 4.79 Å². The Morgan fingerprint density at radius 2 is 1.91 bits per heavy atom. The topological polar surface area (TPSA) is 26.3 Å². The monoisotopic (exact) mass is 302 g/mol. The Morgan fingerprint density at radius 3 is 2.68 bits per heavy atom. The highest BCUT2D eigenvalue weighted by Gasteiger charge is 2.66.